The maximum atomic E-state index is 12.9. The fraction of sp³-hybridized carbons (Fsp3) is 0.368. The smallest absolute Gasteiger partial charge is 0.337 e. The number of nitrogens with one attached hydrogen (secondary N) is 1. The molecule has 1 atom stereocenters. The number of nitrogens with zero attached hydrogens (tertiary/aromatic N) is 3. The average Bonchev–Trinajstić information content (AvgIpc) is 3.06. The minimum atomic E-state index is -0.390. The van der Waals surface area contributed by atoms with E-state index in [1.807, 2.05) is 12.1 Å². The Hall–Kier alpha value is -2.96. The lowest BCUT2D eigenvalue weighted by molar-refractivity contribution is -0.118. The summed E-state index contributed by atoms with van der Waals surface area (Å²) in [7, 11) is 1.35. The van der Waals surface area contributed by atoms with Gasteiger partial charge in [0, 0.05) is 17.7 Å². The van der Waals surface area contributed by atoms with E-state index in [9.17, 15) is 9.59 Å². The van der Waals surface area contributed by atoms with Crippen LogP contribution in [0.5, 0.6) is 0 Å². The Kier molecular flexibility index (Phi) is 3.68. The third-order valence-electron chi connectivity index (χ3n) is 4.92. The van der Waals surface area contributed by atoms with Gasteiger partial charge >= 0.3 is 5.97 Å². The molecule has 2 aliphatic rings. The fourth-order valence-electron chi connectivity index (χ4n) is 3.78. The number of aromatic nitrogens is 3. The standard InChI is InChI=1S/C19H20N4O3/c1-19(2)8-13-15(14(24)9-19)16(23-18(22-13)20-10-21-23)11-4-6-12(7-5-11)17(25)26-3/h4-7,10,16H,8-9H2,1-3H3,(H,20,21,22)/t16-/m1/s1. The molecule has 0 fully saturated rings. The maximum Gasteiger partial charge on any atom is 0.337 e. The van der Waals surface area contributed by atoms with Crippen LogP contribution in [0, 0.1) is 5.41 Å². The van der Waals surface area contributed by atoms with Gasteiger partial charge in [0.1, 0.15) is 12.4 Å². The zero-order valence-corrected chi connectivity index (χ0v) is 14.9. The number of rotatable bonds is 2. The highest BCUT2D eigenvalue weighted by molar-refractivity contribution is 6.00. The van der Waals surface area contributed by atoms with Crippen molar-refractivity contribution in [3.8, 4) is 0 Å². The van der Waals surface area contributed by atoms with Crippen molar-refractivity contribution in [2.24, 2.45) is 5.41 Å². The number of fused-ring (bicyclic) bond motifs is 1. The molecule has 2 aromatic rings. The van der Waals surface area contributed by atoms with E-state index in [0.29, 0.717) is 17.9 Å². The molecule has 1 N–H and O–H groups in total. The van der Waals surface area contributed by atoms with Gasteiger partial charge < -0.3 is 10.1 Å². The lowest BCUT2D eigenvalue weighted by Gasteiger charge is -2.38. The average molecular weight is 352 g/mol. The second-order valence-corrected chi connectivity index (χ2v) is 7.50. The highest BCUT2D eigenvalue weighted by Crippen LogP contribution is 2.45. The quantitative estimate of drug-likeness (QED) is 0.837. The van der Waals surface area contributed by atoms with Crippen molar-refractivity contribution in [1.29, 1.82) is 0 Å². The number of carbonyl (C=O) groups is 2. The van der Waals surface area contributed by atoms with Gasteiger partial charge in [-0.2, -0.15) is 10.1 Å². The summed E-state index contributed by atoms with van der Waals surface area (Å²) in [5.74, 6) is 0.349. The Morgan fingerprint density at radius 2 is 2.00 bits per heavy atom. The van der Waals surface area contributed by atoms with Crippen molar-refractivity contribution in [2.45, 2.75) is 32.7 Å². The molecule has 1 aliphatic heterocycles. The second kappa shape index (κ2) is 5.79. The first-order chi connectivity index (χ1) is 12.4. The highest BCUT2D eigenvalue weighted by atomic mass is 16.5. The Bertz CT molecular complexity index is 925. The van der Waals surface area contributed by atoms with E-state index in [1.54, 1.807) is 16.8 Å². The summed E-state index contributed by atoms with van der Waals surface area (Å²) in [6.45, 7) is 4.19. The summed E-state index contributed by atoms with van der Waals surface area (Å²) in [5.41, 5.74) is 2.90. The largest absolute Gasteiger partial charge is 0.465 e. The van der Waals surface area contributed by atoms with Crippen molar-refractivity contribution < 1.29 is 14.3 Å². The molecule has 0 bridgehead atoms. The van der Waals surface area contributed by atoms with Gasteiger partial charge in [-0.15, -0.1) is 0 Å². The van der Waals surface area contributed by atoms with Crippen LogP contribution in [0.4, 0.5) is 5.95 Å². The lowest BCUT2D eigenvalue weighted by atomic mass is 9.73. The van der Waals surface area contributed by atoms with Crippen LogP contribution in [0.25, 0.3) is 0 Å². The number of hydrogen-bond donors (Lipinski definition) is 1. The Balaban J connectivity index is 1.82. The monoisotopic (exact) mass is 352 g/mol. The normalized spacial score (nSPS) is 20.9. The van der Waals surface area contributed by atoms with Crippen LogP contribution in [-0.2, 0) is 9.53 Å². The summed E-state index contributed by atoms with van der Waals surface area (Å²) in [6, 6.07) is 6.74. The number of anilines is 1. The molecular weight excluding hydrogens is 332 g/mol. The van der Waals surface area contributed by atoms with Gasteiger partial charge in [-0.1, -0.05) is 26.0 Å². The predicted molar refractivity (Wildman–Crippen MR) is 94.6 cm³/mol. The number of ketones is 1. The van der Waals surface area contributed by atoms with Crippen LogP contribution < -0.4 is 5.32 Å². The Morgan fingerprint density at radius 1 is 1.27 bits per heavy atom. The molecule has 0 unspecified atom stereocenters. The minimum Gasteiger partial charge on any atom is -0.465 e. The topological polar surface area (TPSA) is 86.1 Å². The van der Waals surface area contributed by atoms with E-state index < -0.39 is 5.97 Å². The van der Waals surface area contributed by atoms with Crippen molar-refractivity contribution in [1.82, 2.24) is 14.8 Å². The molecule has 1 aromatic heterocycles. The lowest BCUT2D eigenvalue weighted by Crippen LogP contribution is -2.36. The van der Waals surface area contributed by atoms with Crippen LogP contribution in [0.3, 0.4) is 0 Å². The molecule has 0 radical (unpaired) electrons. The number of allylic oxidation sites excluding steroid dienone is 2. The number of esters is 1. The maximum absolute atomic E-state index is 12.9. The van der Waals surface area contributed by atoms with Gasteiger partial charge in [0.2, 0.25) is 5.95 Å². The first-order valence-corrected chi connectivity index (χ1v) is 8.51. The van der Waals surface area contributed by atoms with Gasteiger partial charge in [-0.05, 0) is 29.5 Å². The zero-order chi connectivity index (χ0) is 18.5. The summed E-state index contributed by atoms with van der Waals surface area (Å²) in [4.78, 5) is 28.9. The minimum absolute atomic E-state index is 0.0929. The molecule has 134 valence electrons. The molecule has 0 spiro atoms. The summed E-state index contributed by atoms with van der Waals surface area (Å²) < 4.78 is 6.48. The molecule has 7 nitrogen and oxygen atoms in total. The molecule has 2 heterocycles. The van der Waals surface area contributed by atoms with Crippen LogP contribution >= 0.6 is 0 Å². The van der Waals surface area contributed by atoms with Crippen molar-refractivity contribution in [3.05, 3.63) is 53.0 Å². The van der Waals surface area contributed by atoms with Crippen LogP contribution in [-0.4, -0.2) is 33.6 Å². The van der Waals surface area contributed by atoms with Gasteiger partial charge in [0.15, 0.2) is 5.78 Å². The van der Waals surface area contributed by atoms with Gasteiger partial charge in [0.05, 0.1) is 12.7 Å². The molecule has 7 heteroatoms. The summed E-state index contributed by atoms with van der Waals surface area (Å²) in [6.07, 6.45) is 2.75. The van der Waals surface area contributed by atoms with E-state index >= 15 is 0 Å². The van der Waals surface area contributed by atoms with E-state index in [2.05, 4.69) is 29.2 Å². The van der Waals surface area contributed by atoms with Crippen molar-refractivity contribution in [2.75, 3.05) is 12.4 Å². The number of Topliss-reactive ketones (excluding diaryl/α,β-unsaturated/α-hetero) is 1. The predicted octanol–water partition coefficient (Wildman–Crippen LogP) is 2.72. The molecule has 4 rings (SSSR count). The van der Waals surface area contributed by atoms with Gasteiger partial charge in [0.25, 0.3) is 0 Å². The van der Waals surface area contributed by atoms with Crippen LogP contribution in [0.15, 0.2) is 41.9 Å². The Morgan fingerprint density at radius 3 is 2.69 bits per heavy atom. The van der Waals surface area contributed by atoms with E-state index in [-0.39, 0.29) is 17.2 Å². The molecular formula is C19H20N4O3. The third kappa shape index (κ3) is 2.60. The first kappa shape index (κ1) is 16.5. The summed E-state index contributed by atoms with van der Waals surface area (Å²) in [5, 5.41) is 7.59. The molecule has 26 heavy (non-hydrogen) atoms. The Labute approximate surface area is 151 Å². The molecule has 1 aliphatic carbocycles. The zero-order valence-electron chi connectivity index (χ0n) is 14.9. The van der Waals surface area contributed by atoms with Crippen LogP contribution in [0.1, 0.15) is 48.7 Å². The first-order valence-electron chi connectivity index (χ1n) is 8.51. The van der Waals surface area contributed by atoms with E-state index in [1.165, 1.54) is 13.4 Å². The molecule has 0 saturated heterocycles. The van der Waals surface area contributed by atoms with Crippen molar-refractivity contribution >= 4 is 17.7 Å². The number of hydrogen-bond acceptors (Lipinski definition) is 6. The third-order valence-corrected chi connectivity index (χ3v) is 4.92. The van der Waals surface area contributed by atoms with Gasteiger partial charge in [-0.3, -0.25) is 4.79 Å². The molecule has 0 saturated carbocycles. The van der Waals surface area contributed by atoms with E-state index in [0.717, 1.165) is 23.3 Å². The fourth-order valence-corrected chi connectivity index (χ4v) is 3.78. The molecule has 0 amide bonds. The highest BCUT2D eigenvalue weighted by Gasteiger charge is 2.41. The second-order valence-electron chi connectivity index (χ2n) is 7.50. The summed E-state index contributed by atoms with van der Waals surface area (Å²) >= 11 is 0. The van der Waals surface area contributed by atoms with Crippen molar-refractivity contribution in [3.63, 3.8) is 0 Å². The molecule has 1 aromatic carbocycles. The SMILES string of the molecule is COC(=O)c1ccc([C@@H]2C3=C(CC(C)(C)CC3=O)Nc3ncnn32)cc1. The van der Waals surface area contributed by atoms with Gasteiger partial charge in [-0.25, -0.2) is 9.48 Å². The van der Waals surface area contributed by atoms with Crippen LogP contribution in [0.2, 0.25) is 0 Å². The number of carbonyl (C=O) groups excluding carboxylic acids is 2. The number of benzene rings is 1. The number of ether oxygens (including phenoxy) is 1. The van der Waals surface area contributed by atoms with E-state index in [4.69, 9.17) is 4.74 Å². The number of methoxy groups -OCH3 is 1.